The maximum atomic E-state index is 14.6. The number of anilines is 1. The molecule has 0 atom stereocenters. The summed E-state index contributed by atoms with van der Waals surface area (Å²) >= 11 is 6.12. The molecule has 0 aliphatic carbocycles. The third-order valence-corrected chi connectivity index (χ3v) is 7.07. The quantitative estimate of drug-likeness (QED) is 0.231. The lowest BCUT2D eigenvalue weighted by Gasteiger charge is -2.26. The highest BCUT2D eigenvalue weighted by Crippen LogP contribution is 2.26. The monoisotopic (exact) mass is 528 g/mol. The van der Waals surface area contributed by atoms with Crippen LogP contribution in [0.15, 0.2) is 59.7 Å². The smallest absolute Gasteiger partial charge is 0.152 e. The summed E-state index contributed by atoms with van der Waals surface area (Å²) in [6, 6.07) is 10.2. The molecule has 0 aromatic heterocycles. The van der Waals surface area contributed by atoms with Crippen molar-refractivity contribution in [2.45, 2.75) is 32.7 Å². The molecule has 2 aliphatic heterocycles. The summed E-state index contributed by atoms with van der Waals surface area (Å²) in [5, 5.41) is 3.07. The van der Waals surface area contributed by atoms with E-state index in [0.717, 1.165) is 48.6 Å². The fourth-order valence-electron chi connectivity index (χ4n) is 4.60. The van der Waals surface area contributed by atoms with Gasteiger partial charge in [-0.2, -0.15) is 0 Å². The number of nitrogens with zero attached hydrogens (tertiary/aromatic N) is 3. The first-order chi connectivity index (χ1) is 18.0. The van der Waals surface area contributed by atoms with Crippen molar-refractivity contribution in [2.24, 2.45) is 4.99 Å². The molecule has 37 heavy (non-hydrogen) atoms. The maximum absolute atomic E-state index is 14.6. The highest BCUT2D eigenvalue weighted by molar-refractivity contribution is 6.31. The van der Waals surface area contributed by atoms with Gasteiger partial charge in [0.05, 0.1) is 16.4 Å². The zero-order valence-electron chi connectivity index (χ0n) is 21.3. The SMILES string of the molecule is C=C1NCCCN(Cc2c(F)ccc(F)c2Cl)/C1=N/C(=C\C)c1ccc(NNCCN2CCCC2)cc1. The van der Waals surface area contributed by atoms with Crippen molar-refractivity contribution in [2.75, 3.05) is 44.7 Å². The van der Waals surface area contributed by atoms with Crippen LogP contribution in [0.5, 0.6) is 0 Å². The van der Waals surface area contributed by atoms with Crippen LogP contribution in [0, 0.1) is 11.6 Å². The minimum Gasteiger partial charge on any atom is -0.382 e. The van der Waals surface area contributed by atoms with Gasteiger partial charge >= 0.3 is 0 Å². The predicted molar refractivity (Wildman–Crippen MR) is 148 cm³/mol. The molecule has 2 aliphatic rings. The van der Waals surface area contributed by atoms with E-state index in [-0.39, 0.29) is 17.1 Å². The topological polar surface area (TPSA) is 54.9 Å². The number of allylic oxidation sites excluding steroid dienone is 1. The van der Waals surface area contributed by atoms with Crippen molar-refractivity contribution in [1.29, 1.82) is 0 Å². The van der Waals surface area contributed by atoms with Crippen LogP contribution >= 0.6 is 11.6 Å². The molecule has 0 bridgehead atoms. The molecule has 9 heteroatoms. The molecule has 0 amide bonds. The molecule has 2 aromatic carbocycles. The minimum absolute atomic E-state index is 0.0882. The number of rotatable bonds is 9. The minimum atomic E-state index is -0.642. The van der Waals surface area contributed by atoms with Gasteiger partial charge in [-0.1, -0.05) is 36.4 Å². The lowest BCUT2D eigenvalue weighted by molar-refractivity contribution is 0.340. The molecule has 0 spiro atoms. The van der Waals surface area contributed by atoms with Crippen LogP contribution in [0.1, 0.15) is 37.3 Å². The maximum Gasteiger partial charge on any atom is 0.152 e. The highest BCUT2D eigenvalue weighted by atomic mass is 35.5. The van der Waals surface area contributed by atoms with Gasteiger partial charge in [-0.25, -0.2) is 19.2 Å². The average molecular weight is 529 g/mol. The molecular weight excluding hydrogens is 494 g/mol. The first-order valence-electron chi connectivity index (χ1n) is 12.8. The van der Waals surface area contributed by atoms with Crippen LogP contribution in [0.2, 0.25) is 5.02 Å². The Morgan fingerprint density at radius 2 is 1.81 bits per heavy atom. The molecule has 0 radical (unpaired) electrons. The van der Waals surface area contributed by atoms with E-state index in [4.69, 9.17) is 16.6 Å². The van der Waals surface area contributed by atoms with E-state index < -0.39 is 11.6 Å². The normalized spacial score (nSPS) is 18.3. The van der Waals surface area contributed by atoms with E-state index in [9.17, 15) is 8.78 Å². The lowest BCUT2D eigenvalue weighted by Crippen LogP contribution is -2.33. The zero-order valence-corrected chi connectivity index (χ0v) is 22.1. The van der Waals surface area contributed by atoms with Gasteiger partial charge in [0.25, 0.3) is 0 Å². The second-order valence-electron chi connectivity index (χ2n) is 9.29. The summed E-state index contributed by atoms with van der Waals surface area (Å²) in [5.41, 5.74) is 9.93. The van der Waals surface area contributed by atoms with E-state index in [1.165, 1.54) is 25.9 Å². The summed E-state index contributed by atoms with van der Waals surface area (Å²) < 4.78 is 28.6. The van der Waals surface area contributed by atoms with Gasteiger partial charge in [0, 0.05) is 49.5 Å². The fourth-order valence-corrected chi connectivity index (χ4v) is 4.81. The molecule has 6 nitrogen and oxygen atoms in total. The van der Waals surface area contributed by atoms with E-state index in [0.29, 0.717) is 24.6 Å². The number of hydrogen-bond acceptors (Lipinski definition) is 5. The van der Waals surface area contributed by atoms with Gasteiger partial charge in [0.15, 0.2) is 5.84 Å². The third-order valence-electron chi connectivity index (χ3n) is 6.67. The number of benzene rings is 2. The largest absolute Gasteiger partial charge is 0.382 e. The summed E-state index contributed by atoms with van der Waals surface area (Å²) in [6.07, 6.45) is 5.31. The van der Waals surface area contributed by atoms with Crippen molar-refractivity contribution in [3.05, 3.63) is 82.5 Å². The Kier molecular flexibility index (Phi) is 9.55. The predicted octanol–water partition coefficient (Wildman–Crippen LogP) is 5.40. The van der Waals surface area contributed by atoms with Crippen molar-refractivity contribution in [3.8, 4) is 0 Å². The molecule has 3 N–H and O–H groups in total. The van der Waals surface area contributed by atoms with E-state index in [2.05, 4.69) is 27.6 Å². The molecule has 2 saturated heterocycles. The van der Waals surface area contributed by atoms with Crippen molar-refractivity contribution >= 4 is 28.8 Å². The lowest BCUT2D eigenvalue weighted by atomic mass is 10.1. The van der Waals surface area contributed by atoms with E-state index in [1.54, 1.807) is 0 Å². The molecule has 4 rings (SSSR count). The van der Waals surface area contributed by atoms with Crippen LogP contribution in [0.25, 0.3) is 5.70 Å². The van der Waals surface area contributed by atoms with Gasteiger partial charge < -0.3 is 20.5 Å². The fraction of sp³-hybridized carbons (Fsp3) is 0.393. The molecular formula is C28H35ClF2N6. The molecule has 2 fully saturated rings. The summed E-state index contributed by atoms with van der Waals surface area (Å²) in [5.74, 6) is -0.607. The van der Waals surface area contributed by atoms with Crippen LogP contribution < -0.4 is 16.2 Å². The van der Waals surface area contributed by atoms with Crippen molar-refractivity contribution in [1.82, 2.24) is 20.5 Å². The molecule has 0 saturated carbocycles. The second-order valence-corrected chi connectivity index (χ2v) is 9.67. The Hall–Kier alpha value is -2.94. The number of likely N-dealkylation sites (tertiary alicyclic amines) is 1. The standard InChI is InChI=1S/C28H35ClF2N6/c1-3-26(21-7-9-22(10-8-21)35-33-14-18-36-15-4-5-16-36)34-28-20(2)32-13-6-17-37(28)19-23-24(30)11-12-25(31)27(23)29/h3,7-12,32-33,35H,2,4-6,13-19H2,1H3/b26-3-,34-28+. The number of nitrogens with one attached hydrogen (secondary N) is 3. The number of halogens is 3. The molecule has 2 aromatic rings. The third kappa shape index (κ3) is 7.09. The summed E-state index contributed by atoms with van der Waals surface area (Å²) in [4.78, 5) is 9.28. The van der Waals surface area contributed by atoms with Gasteiger partial charge in [0.2, 0.25) is 0 Å². The van der Waals surface area contributed by atoms with Gasteiger partial charge in [-0.15, -0.1) is 0 Å². The van der Waals surface area contributed by atoms with Crippen LogP contribution in [-0.4, -0.2) is 54.9 Å². The molecule has 198 valence electrons. The van der Waals surface area contributed by atoms with E-state index in [1.807, 2.05) is 42.2 Å². The Labute approximate surface area is 223 Å². The van der Waals surface area contributed by atoms with Gasteiger partial charge in [-0.05, 0) is 63.5 Å². The summed E-state index contributed by atoms with van der Waals surface area (Å²) in [6.45, 7) is 11.7. The second kappa shape index (κ2) is 13.0. The number of aliphatic imine (C=N–C) groups is 1. The zero-order chi connectivity index (χ0) is 26.2. The Morgan fingerprint density at radius 3 is 2.54 bits per heavy atom. The average Bonchev–Trinajstić information content (AvgIpc) is 3.37. The van der Waals surface area contributed by atoms with Crippen LogP contribution in [-0.2, 0) is 6.54 Å². The molecule has 2 heterocycles. The van der Waals surface area contributed by atoms with Crippen molar-refractivity contribution < 1.29 is 8.78 Å². The Bertz CT molecular complexity index is 1140. The number of amidine groups is 1. The van der Waals surface area contributed by atoms with Gasteiger partial charge in [-0.3, -0.25) is 0 Å². The van der Waals surface area contributed by atoms with Gasteiger partial charge in [0.1, 0.15) is 11.6 Å². The molecule has 0 unspecified atom stereocenters. The highest BCUT2D eigenvalue weighted by Gasteiger charge is 2.23. The summed E-state index contributed by atoms with van der Waals surface area (Å²) in [7, 11) is 0. The number of hydrazine groups is 1. The van der Waals surface area contributed by atoms with Crippen LogP contribution in [0.4, 0.5) is 14.5 Å². The van der Waals surface area contributed by atoms with Crippen molar-refractivity contribution in [3.63, 3.8) is 0 Å². The first kappa shape index (κ1) is 27.1. The van der Waals surface area contributed by atoms with E-state index >= 15 is 0 Å². The van der Waals surface area contributed by atoms with Crippen LogP contribution in [0.3, 0.4) is 0 Å². The Balaban J connectivity index is 1.47. The Morgan fingerprint density at radius 1 is 1.08 bits per heavy atom. The first-order valence-corrected chi connectivity index (χ1v) is 13.2. The number of hydrogen-bond donors (Lipinski definition) is 3.